The smallest absolute Gasteiger partial charge is 0.117 e. The molecule has 1 heterocycles. The van der Waals surface area contributed by atoms with Gasteiger partial charge in [0, 0.05) is 12.4 Å². The van der Waals surface area contributed by atoms with E-state index in [1.165, 1.54) is 0 Å². The van der Waals surface area contributed by atoms with Gasteiger partial charge in [0.25, 0.3) is 0 Å². The standard InChI is InChI=1S/C10H16ClNO2/c1-12(5-8-13-7-4-11)9-10-3-2-6-14-10/h2-3,6H,4-5,7-9H2,1H3. The molecule has 3 nitrogen and oxygen atoms in total. The van der Waals surface area contributed by atoms with Gasteiger partial charge in [0.15, 0.2) is 0 Å². The van der Waals surface area contributed by atoms with E-state index in [4.69, 9.17) is 20.8 Å². The second-order valence-electron chi connectivity index (χ2n) is 3.12. The lowest BCUT2D eigenvalue weighted by Crippen LogP contribution is -2.22. The molecule has 0 atom stereocenters. The van der Waals surface area contributed by atoms with Gasteiger partial charge >= 0.3 is 0 Å². The SMILES string of the molecule is CN(CCOCCCl)Cc1ccco1. The Morgan fingerprint density at radius 2 is 2.36 bits per heavy atom. The van der Waals surface area contributed by atoms with Crippen molar-refractivity contribution in [2.24, 2.45) is 0 Å². The summed E-state index contributed by atoms with van der Waals surface area (Å²) in [6.45, 7) is 3.04. The van der Waals surface area contributed by atoms with Crippen LogP contribution >= 0.6 is 11.6 Å². The fourth-order valence-corrected chi connectivity index (χ4v) is 1.23. The van der Waals surface area contributed by atoms with Crippen LogP contribution in [0.4, 0.5) is 0 Å². The van der Waals surface area contributed by atoms with E-state index in [-0.39, 0.29) is 0 Å². The van der Waals surface area contributed by atoms with E-state index in [9.17, 15) is 0 Å². The van der Waals surface area contributed by atoms with Crippen molar-refractivity contribution in [3.8, 4) is 0 Å². The highest BCUT2D eigenvalue weighted by atomic mass is 35.5. The second kappa shape index (κ2) is 6.87. The molecule has 0 aliphatic heterocycles. The largest absolute Gasteiger partial charge is 0.468 e. The fraction of sp³-hybridized carbons (Fsp3) is 0.600. The first-order chi connectivity index (χ1) is 6.83. The van der Waals surface area contributed by atoms with Gasteiger partial charge in [-0.05, 0) is 19.2 Å². The van der Waals surface area contributed by atoms with Gasteiger partial charge in [-0.2, -0.15) is 0 Å². The van der Waals surface area contributed by atoms with Gasteiger partial charge in [-0.1, -0.05) is 0 Å². The molecule has 0 unspecified atom stereocenters. The molecule has 0 bridgehead atoms. The first kappa shape index (κ1) is 11.6. The van der Waals surface area contributed by atoms with Gasteiger partial charge in [0.1, 0.15) is 5.76 Å². The topological polar surface area (TPSA) is 25.6 Å². The van der Waals surface area contributed by atoms with Gasteiger partial charge < -0.3 is 9.15 Å². The molecule has 1 aromatic heterocycles. The molecule has 1 rings (SSSR count). The van der Waals surface area contributed by atoms with Crippen molar-refractivity contribution in [2.75, 3.05) is 32.7 Å². The fourth-order valence-electron chi connectivity index (χ4n) is 1.12. The number of ether oxygens (including phenoxy) is 1. The number of alkyl halides is 1. The quantitative estimate of drug-likeness (QED) is 0.516. The minimum absolute atomic E-state index is 0.557. The van der Waals surface area contributed by atoms with Crippen LogP contribution in [-0.4, -0.2) is 37.6 Å². The van der Waals surface area contributed by atoms with Crippen molar-refractivity contribution >= 4 is 11.6 Å². The number of halogens is 1. The van der Waals surface area contributed by atoms with Gasteiger partial charge in [0.2, 0.25) is 0 Å². The molecule has 0 saturated carbocycles. The van der Waals surface area contributed by atoms with Gasteiger partial charge in [-0.25, -0.2) is 0 Å². The Kier molecular flexibility index (Phi) is 5.68. The van der Waals surface area contributed by atoms with E-state index in [1.807, 2.05) is 19.2 Å². The third-order valence-corrected chi connectivity index (χ3v) is 2.00. The molecule has 0 N–H and O–H groups in total. The predicted octanol–water partition coefficient (Wildman–Crippen LogP) is 1.97. The normalized spacial score (nSPS) is 11.1. The highest BCUT2D eigenvalue weighted by molar-refractivity contribution is 6.17. The Morgan fingerprint density at radius 1 is 1.50 bits per heavy atom. The van der Waals surface area contributed by atoms with Crippen LogP contribution in [0, 0.1) is 0 Å². The third-order valence-electron chi connectivity index (χ3n) is 1.84. The summed E-state index contributed by atoms with van der Waals surface area (Å²) in [6, 6.07) is 3.86. The molecule has 0 aliphatic rings. The van der Waals surface area contributed by atoms with Crippen LogP contribution in [0.5, 0.6) is 0 Å². The summed E-state index contributed by atoms with van der Waals surface area (Å²) in [5.74, 6) is 1.53. The Balaban J connectivity index is 2.07. The van der Waals surface area contributed by atoms with Gasteiger partial charge in [-0.15, -0.1) is 11.6 Å². The number of nitrogens with zero attached hydrogens (tertiary/aromatic N) is 1. The van der Waals surface area contributed by atoms with E-state index >= 15 is 0 Å². The Labute approximate surface area is 89.6 Å². The molecule has 0 fully saturated rings. The molecule has 0 aliphatic carbocycles. The van der Waals surface area contributed by atoms with Crippen molar-refractivity contribution in [1.29, 1.82) is 0 Å². The van der Waals surface area contributed by atoms with Crippen molar-refractivity contribution in [1.82, 2.24) is 4.90 Å². The maximum absolute atomic E-state index is 5.48. The summed E-state index contributed by atoms with van der Waals surface area (Å²) >= 11 is 5.48. The van der Waals surface area contributed by atoms with Crippen LogP contribution in [0.3, 0.4) is 0 Å². The van der Waals surface area contributed by atoms with E-state index in [1.54, 1.807) is 6.26 Å². The maximum Gasteiger partial charge on any atom is 0.117 e. The van der Waals surface area contributed by atoms with Crippen LogP contribution < -0.4 is 0 Å². The monoisotopic (exact) mass is 217 g/mol. The second-order valence-corrected chi connectivity index (χ2v) is 3.50. The average molecular weight is 218 g/mol. The molecule has 0 aromatic carbocycles. The molecule has 4 heteroatoms. The number of rotatable bonds is 7. The van der Waals surface area contributed by atoms with Crippen molar-refractivity contribution in [2.45, 2.75) is 6.54 Å². The van der Waals surface area contributed by atoms with E-state index in [2.05, 4.69) is 4.90 Å². The summed E-state index contributed by atoms with van der Waals surface area (Å²) in [7, 11) is 2.03. The van der Waals surface area contributed by atoms with Crippen molar-refractivity contribution in [3.63, 3.8) is 0 Å². The summed E-state index contributed by atoms with van der Waals surface area (Å²) in [5.41, 5.74) is 0. The molecule has 80 valence electrons. The Bertz CT molecular complexity index is 226. The highest BCUT2D eigenvalue weighted by Gasteiger charge is 2.01. The van der Waals surface area contributed by atoms with E-state index < -0.39 is 0 Å². The maximum atomic E-state index is 5.48. The van der Waals surface area contributed by atoms with Crippen LogP contribution in [0.1, 0.15) is 5.76 Å². The number of hydrogen-bond donors (Lipinski definition) is 0. The zero-order valence-electron chi connectivity index (χ0n) is 8.41. The molecule has 0 spiro atoms. The summed E-state index contributed by atoms with van der Waals surface area (Å²) in [6.07, 6.45) is 1.69. The first-order valence-electron chi connectivity index (χ1n) is 4.67. The van der Waals surface area contributed by atoms with Gasteiger partial charge in [0.05, 0.1) is 26.0 Å². The number of likely N-dealkylation sites (N-methyl/N-ethyl adjacent to an activating group) is 1. The molecule has 14 heavy (non-hydrogen) atoms. The zero-order valence-corrected chi connectivity index (χ0v) is 9.17. The zero-order chi connectivity index (χ0) is 10.2. The lowest BCUT2D eigenvalue weighted by molar-refractivity contribution is 0.119. The first-order valence-corrected chi connectivity index (χ1v) is 5.21. The van der Waals surface area contributed by atoms with Gasteiger partial charge in [-0.3, -0.25) is 4.90 Å². The molecule has 0 amide bonds. The Hall–Kier alpha value is -0.510. The molecular formula is C10H16ClNO2. The van der Waals surface area contributed by atoms with Crippen LogP contribution in [-0.2, 0) is 11.3 Å². The molecule has 0 radical (unpaired) electrons. The molecular weight excluding hydrogens is 202 g/mol. The highest BCUT2D eigenvalue weighted by Crippen LogP contribution is 2.02. The van der Waals surface area contributed by atoms with Crippen molar-refractivity contribution < 1.29 is 9.15 Å². The third kappa shape index (κ3) is 4.65. The number of furan rings is 1. The summed E-state index contributed by atoms with van der Waals surface area (Å²) in [5, 5.41) is 0. The van der Waals surface area contributed by atoms with Crippen LogP contribution in [0.25, 0.3) is 0 Å². The minimum Gasteiger partial charge on any atom is -0.468 e. The summed E-state index contributed by atoms with van der Waals surface area (Å²) in [4.78, 5) is 2.15. The Morgan fingerprint density at radius 3 is 3.00 bits per heavy atom. The summed E-state index contributed by atoms with van der Waals surface area (Å²) < 4.78 is 10.5. The molecule has 0 saturated heterocycles. The van der Waals surface area contributed by atoms with E-state index in [0.29, 0.717) is 19.1 Å². The van der Waals surface area contributed by atoms with Crippen molar-refractivity contribution in [3.05, 3.63) is 24.2 Å². The predicted molar refractivity (Wildman–Crippen MR) is 56.6 cm³/mol. The lowest BCUT2D eigenvalue weighted by atomic mass is 10.4. The number of hydrogen-bond acceptors (Lipinski definition) is 3. The van der Waals surface area contributed by atoms with Crippen LogP contribution in [0.15, 0.2) is 22.8 Å². The average Bonchev–Trinajstić information content (AvgIpc) is 2.65. The minimum atomic E-state index is 0.557. The molecule has 1 aromatic rings. The lowest BCUT2D eigenvalue weighted by Gasteiger charge is -2.14. The van der Waals surface area contributed by atoms with Crippen LogP contribution in [0.2, 0.25) is 0 Å². The van der Waals surface area contributed by atoms with E-state index in [0.717, 1.165) is 18.8 Å².